The Hall–Kier alpha value is -2.64. The third-order valence-electron chi connectivity index (χ3n) is 4.07. The molecule has 28 heavy (non-hydrogen) atoms. The Balaban J connectivity index is 1.77. The smallest absolute Gasteiger partial charge is 0.286 e. The summed E-state index contributed by atoms with van der Waals surface area (Å²) in [4.78, 5) is 17.3. The second kappa shape index (κ2) is 9.52. The normalized spacial score (nSPS) is 11.8. The van der Waals surface area contributed by atoms with Gasteiger partial charge >= 0.3 is 0 Å². The maximum atomic E-state index is 12.4. The van der Waals surface area contributed by atoms with Gasteiger partial charge in [-0.05, 0) is 55.8 Å². The van der Waals surface area contributed by atoms with Crippen molar-refractivity contribution in [2.75, 3.05) is 26.9 Å². The molecule has 1 heterocycles. The highest BCUT2D eigenvalue weighted by atomic mass is 32.1. The Morgan fingerprint density at radius 2 is 1.82 bits per heavy atom. The largest absolute Gasteiger partial charge is 0.494 e. The van der Waals surface area contributed by atoms with E-state index in [0.29, 0.717) is 30.3 Å². The number of nitrogens with zero attached hydrogens (tertiary/aromatic N) is 2. The van der Waals surface area contributed by atoms with Crippen LogP contribution >= 0.6 is 11.3 Å². The molecule has 6 nitrogen and oxygen atoms in total. The Labute approximate surface area is 168 Å². The van der Waals surface area contributed by atoms with Crippen molar-refractivity contribution in [1.82, 2.24) is 4.57 Å². The highest BCUT2D eigenvalue weighted by molar-refractivity contribution is 7.16. The van der Waals surface area contributed by atoms with Crippen LogP contribution in [0.1, 0.15) is 12.5 Å². The summed E-state index contributed by atoms with van der Waals surface area (Å²) in [7, 11) is 1.66. The van der Waals surface area contributed by atoms with E-state index in [0.717, 1.165) is 16.0 Å². The number of rotatable bonds is 8. The molecule has 2 aromatic carbocycles. The Morgan fingerprint density at radius 1 is 1.11 bits per heavy atom. The molecule has 0 bridgehead atoms. The number of thiazole rings is 1. The van der Waals surface area contributed by atoms with Crippen molar-refractivity contribution in [1.29, 1.82) is 0 Å². The number of carbonyl (C=O) groups is 1. The second-order valence-corrected chi connectivity index (χ2v) is 7.21. The fraction of sp³-hybridized carbons (Fsp3) is 0.333. The molecule has 3 rings (SSSR count). The van der Waals surface area contributed by atoms with Gasteiger partial charge in [-0.3, -0.25) is 4.79 Å². The van der Waals surface area contributed by atoms with E-state index in [4.69, 9.17) is 14.2 Å². The first-order valence-electron chi connectivity index (χ1n) is 9.13. The zero-order valence-corrected chi connectivity index (χ0v) is 17.1. The van der Waals surface area contributed by atoms with Gasteiger partial charge < -0.3 is 18.8 Å². The van der Waals surface area contributed by atoms with Crippen LogP contribution in [0.3, 0.4) is 0 Å². The van der Waals surface area contributed by atoms with Crippen LogP contribution in [0, 0.1) is 6.92 Å². The number of aryl methyl sites for hydroxylation is 1. The molecule has 0 atom stereocenters. The summed E-state index contributed by atoms with van der Waals surface area (Å²) in [5.41, 5.74) is 2.22. The molecule has 0 fully saturated rings. The first-order valence-corrected chi connectivity index (χ1v) is 9.94. The molecule has 0 aliphatic rings. The van der Waals surface area contributed by atoms with Gasteiger partial charge in [-0.2, -0.15) is 4.99 Å². The van der Waals surface area contributed by atoms with E-state index in [1.807, 2.05) is 30.5 Å². The lowest BCUT2D eigenvalue weighted by Crippen LogP contribution is -2.21. The predicted molar refractivity (Wildman–Crippen MR) is 110 cm³/mol. The quantitative estimate of drug-likeness (QED) is 0.580. The molecule has 148 valence electrons. The van der Waals surface area contributed by atoms with Crippen LogP contribution in [0.4, 0.5) is 0 Å². The van der Waals surface area contributed by atoms with Gasteiger partial charge in [0.05, 0.1) is 23.4 Å². The summed E-state index contributed by atoms with van der Waals surface area (Å²) in [6, 6.07) is 13.4. The van der Waals surface area contributed by atoms with Crippen LogP contribution in [0.25, 0.3) is 10.2 Å². The third-order valence-corrected chi connectivity index (χ3v) is 5.12. The molecule has 1 aromatic heterocycles. The minimum Gasteiger partial charge on any atom is -0.494 e. The maximum absolute atomic E-state index is 12.4. The molecule has 0 saturated heterocycles. The molecule has 7 heteroatoms. The monoisotopic (exact) mass is 400 g/mol. The van der Waals surface area contributed by atoms with Gasteiger partial charge in [0.2, 0.25) is 0 Å². The van der Waals surface area contributed by atoms with Crippen molar-refractivity contribution < 1.29 is 19.0 Å². The predicted octanol–water partition coefficient (Wildman–Crippen LogP) is 3.56. The first-order chi connectivity index (χ1) is 13.6. The summed E-state index contributed by atoms with van der Waals surface area (Å²) in [6.07, 6.45) is 0. The van der Waals surface area contributed by atoms with Crippen LogP contribution in [0.15, 0.2) is 47.5 Å². The summed E-state index contributed by atoms with van der Waals surface area (Å²) in [6.45, 7) is 5.64. The number of aromatic nitrogens is 1. The van der Waals surface area contributed by atoms with Crippen LogP contribution in [0.2, 0.25) is 0 Å². The molecule has 0 unspecified atom stereocenters. The van der Waals surface area contributed by atoms with E-state index in [2.05, 4.69) is 23.2 Å². The molecule has 0 radical (unpaired) electrons. The van der Waals surface area contributed by atoms with Crippen LogP contribution in [-0.4, -0.2) is 37.4 Å². The third kappa shape index (κ3) is 4.99. The minimum absolute atomic E-state index is 0.120. The van der Waals surface area contributed by atoms with Gasteiger partial charge in [-0.15, -0.1) is 0 Å². The van der Waals surface area contributed by atoms with E-state index in [-0.39, 0.29) is 12.5 Å². The molecule has 0 aliphatic carbocycles. The number of methoxy groups -OCH3 is 1. The molecule has 0 saturated carbocycles. The summed E-state index contributed by atoms with van der Waals surface area (Å²) >= 11 is 1.49. The maximum Gasteiger partial charge on any atom is 0.286 e. The standard InChI is InChI=1S/C21H24N2O4S/c1-4-26-16-6-8-17(9-7-16)27-14-20(24)22-21-23(11-12-25-3)18-10-5-15(2)13-19(18)28-21/h5-10,13H,4,11-12,14H2,1-3H3. The van der Waals surface area contributed by atoms with Crippen LogP contribution < -0.4 is 14.3 Å². The Morgan fingerprint density at radius 3 is 2.50 bits per heavy atom. The number of hydrogen-bond donors (Lipinski definition) is 0. The van der Waals surface area contributed by atoms with Crippen molar-refractivity contribution in [2.24, 2.45) is 4.99 Å². The second-order valence-electron chi connectivity index (χ2n) is 6.20. The number of ether oxygens (including phenoxy) is 3. The van der Waals surface area contributed by atoms with Crippen molar-refractivity contribution >= 4 is 27.5 Å². The molecule has 1 amide bonds. The first kappa shape index (κ1) is 20.1. The fourth-order valence-corrected chi connectivity index (χ4v) is 3.92. The van der Waals surface area contributed by atoms with Gasteiger partial charge in [0, 0.05) is 13.7 Å². The van der Waals surface area contributed by atoms with Gasteiger partial charge in [0.15, 0.2) is 11.4 Å². The lowest BCUT2D eigenvalue weighted by Gasteiger charge is -2.06. The molecule has 0 aliphatic heterocycles. The topological polar surface area (TPSA) is 62.0 Å². The highest BCUT2D eigenvalue weighted by Crippen LogP contribution is 2.19. The van der Waals surface area contributed by atoms with Crippen molar-refractivity contribution in [2.45, 2.75) is 20.4 Å². The van der Waals surface area contributed by atoms with Crippen molar-refractivity contribution in [3.05, 3.63) is 52.8 Å². The van der Waals surface area contributed by atoms with Crippen molar-refractivity contribution in [3.8, 4) is 11.5 Å². The van der Waals surface area contributed by atoms with Gasteiger partial charge in [0.25, 0.3) is 5.91 Å². The Bertz CT molecular complexity index is 1010. The van der Waals surface area contributed by atoms with Crippen LogP contribution in [0.5, 0.6) is 11.5 Å². The highest BCUT2D eigenvalue weighted by Gasteiger charge is 2.09. The summed E-state index contributed by atoms with van der Waals surface area (Å²) < 4.78 is 19.3. The van der Waals surface area contributed by atoms with E-state index < -0.39 is 0 Å². The number of hydrogen-bond acceptors (Lipinski definition) is 5. The zero-order valence-electron chi connectivity index (χ0n) is 16.3. The van der Waals surface area contributed by atoms with Gasteiger partial charge in [-0.1, -0.05) is 17.4 Å². The number of fused-ring (bicyclic) bond motifs is 1. The van der Waals surface area contributed by atoms with E-state index in [9.17, 15) is 4.79 Å². The molecule has 3 aromatic rings. The Kier molecular flexibility index (Phi) is 6.84. The molecular weight excluding hydrogens is 376 g/mol. The fourth-order valence-electron chi connectivity index (χ4n) is 2.75. The van der Waals surface area contributed by atoms with E-state index >= 15 is 0 Å². The number of carbonyl (C=O) groups excluding carboxylic acids is 1. The summed E-state index contributed by atoms with van der Waals surface area (Å²) in [5, 5.41) is 0. The average molecular weight is 401 g/mol. The number of benzene rings is 2. The van der Waals surface area contributed by atoms with Gasteiger partial charge in [0.1, 0.15) is 11.5 Å². The van der Waals surface area contributed by atoms with Gasteiger partial charge in [-0.25, -0.2) is 0 Å². The number of amides is 1. The van der Waals surface area contributed by atoms with Crippen LogP contribution in [-0.2, 0) is 16.1 Å². The van der Waals surface area contributed by atoms with Crippen molar-refractivity contribution in [3.63, 3.8) is 0 Å². The summed E-state index contributed by atoms with van der Waals surface area (Å²) in [5.74, 6) is 1.04. The minimum atomic E-state index is -0.330. The van der Waals surface area contributed by atoms with E-state index in [1.165, 1.54) is 16.9 Å². The average Bonchev–Trinajstić information content (AvgIpc) is 3.02. The van der Waals surface area contributed by atoms with E-state index in [1.54, 1.807) is 19.2 Å². The lowest BCUT2D eigenvalue weighted by molar-refractivity contribution is -0.120. The SMILES string of the molecule is CCOc1ccc(OCC(=O)N=c2sc3cc(C)ccc3n2CCOC)cc1. The molecule has 0 spiro atoms. The lowest BCUT2D eigenvalue weighted by atomic mass is 10.2. The molecular formula is C21H24N2O4S. The molecule has 0 N–H and O–H groups in total. The zero-order chi connectivity index (χ0) is 19.9.